The highest BCUT2D eigenvalue weighted by Gasteiger charge is 2.00. The van der Waals surface area contributed by atoms with Gasteiger partial charge in [0, 0.05) is 24.4 Å². The second-order valence-corrected chi connectivity index (χ2v) is 2.58. The molecular formula is C8H10N2O2. The number of rotatable bonds is 2. The van der Waals surface area contributed by atoms with E-state index in [9.17, 15) is 4.79 Å². The molecule has 0 saturated heterocycles. The topological polar surface area (TPSA) is 55.1 Å². The van der Waals surface area contributed by atoms with E-state index in [1.807, 2.05) is 0 Å². The molecule has 4 nitrogen and oxygen atoms in total. The predicted octanol–water partition coefficient (Wildman–Crippen LogP) is 0.908. The molecule has 0 aliphatic heterocycles. The number of aliphatic carboxylic acids is 1. The second kappa shape index (κ2) is 3.21. The molecule has 1 heterocycles. The van der Waals surface area contributed by atoms with E-state index in [1.54, 1.807) is 37.1 Å². The number of hydrogen-bond donors (Lipinski definition) is 1. The van der Waals surface area contributed by atoms with Gasteiger partial charge in [0.15, 0.2) is 0 Å². The van der Waals surface area contributed by atoms with Crippen LogP contribution in [0.15, 0.2) is 18.0 Å². The Balaban J connectivity index is 2.87. The first-order chi connectivity index (χ1) is 5.59. The first-order valence-corrected chi connectivity index (χ1v) is 3.50. The molecule has 1 aromatic rings. The highest BCUT2D eigenvalue weighted by Crippen LogP contribution is 2.04. The molecule has 1 N–H and O–H groups in total. The molecule has 0 aromatic carbocycles. The van der Waals surface area contributed by atoms with Gasteiger partial charge in [-0.1, -0.05) is 0 Å². The molecule has 0 aliphatic carbocycles. The van der Waals surface area contributed by atoms with Crippen molar-refractivity contribution in [1.82, 2.24) is 9.78 Å². The van der Waals surface area contributed by atoms with E-state index in [1.165, 1.54) is 0 Å². The fourth-order valence-corrected chi connectivity index (χ4v) is 0.826. The summed E-state index contributed by atoms with van der Waals surface area (Å²) in [5.41, 5.74) is 1.11. The fourth-order valence-electron chi connectivity index (χ4n) is 0.826. The molecule has 1 rings (SSSR count). The van der Waals surface area contributed by atoms with Crippen LogP contribution in [0.1, 0.15) is 12.5 Å². The SMILES string of the molecule is CC(=Cc1cnn(C)c1)C(=O)O. The first kappa shape index (κ1) is 8.52. The van der Waals surface area contributed by atoms with Crippen LogP contribution in [-0.4, -0.2) is 20.9 Å². The maximum absolute atomic E-state index is 10.4. The van der Waals surface area contributed by atoms with Crippen molar-refractivity contribution in [2.45, 2.75) is 6.92 Å². The van der Waals surface area contributed by atoms with Crippen molar-refractivity contribution in [1.29, 1.82) is 0 Å². The number of nitrogens with zero attached hydrogens (tertiary/aromatic N) is 2. The van der Waals surface area contributed by atoms with E-state index in [2.05, 4.69) is 5.10 Å². The summed E-state index contributed by atoms with van der Waals surface area (Å²) < 4.78 is 1.63. The van der Waals surface area contributed by atoms with Gasteiger partial charge < -0.3 is 5.11 Å². The number of carbonyl (C=O) groups is 1. The largest absolute Gasteiger partial charge is 0.478 e. The van der Waals surface area contributed by atoms with Crippen LogP contribution >= 0.6 is 0 Å². The molecule has 64 valence electrons. The molecule has 0 aliphatic rings. The van der Waals surface area contributed by atoms with Gasteiger partial charge in [0.25, 0.3) is 0 Å². The van der Waals surface area contributed by atoms with Gasteiger partial charge in [0.2, 0.25) is 0 Å². The third-order valence-corrected chi connectivity index (χ3v) is 1.45. The van der Waals surface area contributed by atoms with Crippen LogP contribution in [-0.2, 0) is 11.8 Å². The molecule has 0 bridgehead atoms. The van der Waals surface area contributed by atoms with Gasteiger partial charge in [-0.2, -0.15) is 5.10 Å². The summed E-state index contributed by atoms with van der Waals surface area (Å²) in [4.78, 5) is 10.4. The third kappa shape index (κ3) is 1.95. The van der Waals surface area contributed by atoms with Crippen LogP contribution in [0, 0.1) is 0 Å². The van der Waals surface area contributed by atoms with Crippen molar-refractivity contribution in [2.75, 3.05) is 0 Å². The van der Waals surface area contributed by atoms with Crippen LogP contribution < -0.4 is 0 Å². The maximum Gasteiger partial charge on any atom is 0.331 e. The van der Waals surface area contributed by atoms with Gasteiger partial charge in [-0.05, 0) is 13.0 Å². The van der Waals surface area contributed by atoms with Crippen molar-refractivity contribution < 1.29 is 9.90 Å². The Labute approximate surface area is 70.1 Å². The Bertz CT molecular complexity index is 326. The Morgan fingerprint density at radius 1 is 1.75 bits per heavy atom. The second-order valence-electron chi connectivity index (χ2n) is 2.58. The number of hydrogen-bond acceptors (Lipinski definition) is 2. The van der Waals surface area contributed by atoms with Crippen molar-refractivity contribution in [3.63, 3.8) is 0 Å². The quantitative estimate of drug-likeness (QED) is 0.664. The minimum Gasteiger partial charge on any atom is -0.478 e. The van der Waals surface area contributed by atoms with Gasteiger partial charge in [0.1, 0.15) is 0 Å². The van der Waals surface area contributed by atoms with Crippen LogP contribution in [0.5, 0.6) is 0 Å². The summed E-state index contributed by atoms with van der Waals surface area (Å²) in [5.74, 6) is -0.904. The van der Waals surface area contributed by atoms with Crippen molar-refractivity contribution in [3.8, 4) is 0 Å². The lowest BCUT2D eigenvalue weighted by molar-refractivity contribution is -0.132. The van der Waals surface area contributed by atoms with Crippen molar-refractivity contribution in [3.05, 3.63) is 23.5 Å². The Morgan fingerprint density at radius 2 is 2.42 bits per heavy atom. The van der Waals surface area contributed by atoms with Gasteiger partial charge >= 0.3 is 5.97 Å². The minimum absolute atomic E-state index is 0.308. The molecule has 4 heteroatoms. The van der Waals surface area contributed by atoms with E-state index < -0.39 is 5.97 Å². The molecule has 0 fully saturated rings. The van der Waals surface area contributed by atoms with E-state index in [-0.39, 0.29) is 0 Å². The summed E-state index contributed by atoms with van der Waals surface area (Å²) in [6.07, 6.45) is 4.95. The molecule has 1 aromatic heterocycles. The van der Waals surface area contributed by atoms with Crippen LogP contribution in [0.4, 0.5) is 0 Å². The maximum atomic E-state index is 10.4. The van der Waals surface area contributed by atoms with Gasteiger partial charge in [0.05, 0.1) is 6.20 Å². The molecule has 0 amide bonds. The number of carboxylic acids is 1. The zero-order chi connectivity index (χ0) is 9.14. The highest BCUT2D eigenvalue weighted by atomic mass is 16.4. The van der Waals surface area contributed by atoms with Gasteiger partial charge in [-0.25, -0.2) is 4.79 Å². The highest BCUT2D eigenvalue weighted by molar-refractivity contribution is 5.91. The van der Waals surface area contributed by atoms with E-state index >= 15 is 0 Å². The average Bonchev–Trinajstić information content (AvgIpc) is 2.35. The summed E-state index contributed by atoms with van der Waals surface area (Å²) in [6, 6.07) is 0. The molecule has 0 atom stereocenters. The van der Waals surface area contributed by atoms with Gasteiger partial charge in [-0.3, -0.25) is 4.68 Å². The molecule has 0 radical (unpaired) electrons. The Morgan fingerprint density at radius 3 is 2.83 bits per heavy atom. The lowest BCUT2D eigenvalue weighted by atomic mass is 10.2. The molecular weight excluding hydrogens is 156 g/mol. The van der Waals surface area contributed by atoms with Crippen LogP contribution in [0.3, 0.4) is 0 Å². The predicted molar refractivity (Wildman–Crippen MR) is 44.5 cm³/mol. The normalized spacial score (nSPS) is 11.7. The van der Waals surface area contributed by atoms with E-state index in [0.717, 1.165) is 5.56 Å². The number of carboxylic acid groups (broad SMARTS) is 1. The minimum atomic E-state index is -0.904. The smallest absolute Gasteiger partial charge is 0.331 e. The zero-order valence-electron chi connectivity index (χ0n) is 6.98. The first-order valence-electron chi connectivity index (χ1n) is 3.50. The molecule has 0 saturated carbocycles. The summed E-state index contributed by atoms with van der Waals surface area (Å²) in [6.45, 7) is 1.55. The Kier molecular flexibility index (Phi) is 2.28. The molecule has 12 heavy (non-hydrogen) atoms. The number of aryl methyl sites for hydroxylation is 1. The van der Waals surface area contributed by atoms with Crippen LogP contribution in [0.25, 0.3) is 6.08 Å². The number of aromatic nitrogens is 2. The summed E-state index contributed by atoms with van der Waals surface area (Å²) >= 11 is 0. The third-order valence-electron chi connectivity index (χ3n) is 1.45. The van der Waals surface area contributed by atoms with E-state index in [0.29, 0.717) is 5.57 Å². The standard InChI is InChI=1S/C8H10N2O2/c1-6(8(11)12)3-7-4-9-10(2)5-7/h3-5H,1-2H3,(H,11,12). The van der Waals surface area contributed by atoms with Crippen LogP contribution in [0.2, 0.25) is 0 Å². The summed E-state index contributed by atoms with van der Waals surface area (Å²) in [5, 5.41) is 12.5. The Hall–Kier alpha value is -1.58. The van der Waals surface area contributed by atoms with Crippen molar-refractivity contribution >= 4 is 12.0 Å². The molecule has 0 unspecified atom stereocenters. The summed E-state index contributed by atoms with van der Waals surface area (Å²) in [7, 11) is 1.79. The molecule has 0 spiro atoms. The average molecular weight is 166 g/mol. The van der Waals surface area contributed by atoms with E-state index in [4.69, 9.17) is 5.11 Å². The zero-order valence-corrected chi connectivity index (χ0v) is 6.98. The lowest BCUT2D eigenvalue weighted by Gasteiger charge is -1.89. The lowest BCUT2D eigenvalue weighted by Crippen LogP contribution is -1.94. The van der Waals surface area contributed by atoms with Gasteiger partial charge in [-0.15, -0.1) is 0 Å². The monoisotopic (exact) mass is 166 g/mol. The fraction of sp³-hybridized carbons (Fsp3) is 0.250. The van der Waals surface area contributed by atoms with Crippen molar-refractivity contribution in [2.24, 2.45) is 7.05 Å².